The van der Waals surface area contributed by atoms with Gasteiger partial charge in [-0.1, -0.05) is 140 Å². The van der Waals surface area contributed by atoms with E-state index in [9.17, 15) is 14.4 Å². The number of carbonyl (C=O) groups excluding carboxylic acids is 3. The zero-order chi connectivity index (χ0) is 50.0. The lowest BCUT2D eigenvalue weighted by atomic mass is 9.90. The Labute approximate surface area is 432 Å². The maximum absolute atomic E-state index is 14.7. The van der Waals surface area contributed by atoms with E-state index in [1.807, 2.05) is 102 Å². The van der Waals surface area contributed by atoms with E-state index in [2.05, 4.69) is 92.2 Å². The minimum Gasteiger partial charge on any atom is -0.448 e. The molecule has 11 rings (SSSR count). The van der Waals surface area contributed by atoms with Gasteiger partial charge in [-0.05, 0) is 115 Å². The number of anilines is 4. The first kappa shape index (κ1) is 47.1. The van der Waals surface area contributed by atoms with Crippen LogP contribution in [0.1, 0.15) is 74.3 Å². The number of nitrogens with two attached hydrogens (primary N) is 1. The number of nitrogens with one attached hydrogen (secondary N) is 2. The molecule has 4 N–H and O–H groups in total. The number of fused-ring (bicyclic) bond motifs is 6. The molecule has 0 spiro atoms. The number of piperidine rings is 1. The summed E-state index contributed by atoms with van der Waals surface area (Å²) in [5, 5.41) is 5.95. The molecule has 3 amide bonds. The normalized spacial score (nSPS) is 14.6. The Morgan fingerprint density at radius 1 is 0.685 bits per heavy atom. The predicted octanol–water partition coefficient (Wildman–Crippen LogP) is 12.7. The van der Waals surface area contributed by atoms with Gasteiger partial charge in [-0.3, -0.25) is 9.69 Å². The highest BCUT2D eigenvalue weighted by Gasteiger charge is 2.33. The van der Waals surface area contributed by atoms with Crippen LogP contribution in [0.4, 0.5) is 32.7 Å². The van der Waals surface area contributed by atoms with Crippen molar-refractivity contribution >= 4 is 57.2 Å². The third kappa shape index (κ3) is 9.39. The van der Waals surface area contributed by atoms with Gasteiger partial charge in [-0.15, -0.1) is 0 Å². The summed E-state index contributed by atoms with van der Waals surface area (Å²) < 4.78 is 12.9. The van der Waals surface area contributed by atoms with Crippen LogP contribution in [0.25, 0.3) is 33.5 Å². The predicted molar refractivity (Wildman–Crippen MR) is 289 cm³/mol. The van der Waals surface area contributed by atoms with Crippen molar-refractivity contribution in [3.8, 4) is 33.5 Å². The van der Waals surface area contributed by atoms with Crippen molar-refractivity contribution in [1.29, 1.82) is 0 Å². The molecule has 1 atom stereocenters. The highest BCUT2D eigenvalue weighted by Crippen LogP contribution is 2.46. The van der Waals surface area contributed by atoms with Crippen LogP contribution in [0, 0.1) is 0 Å². The van der Waals surface area contributed by atoms with Gasteiger partial charge in [0, 0.05) is 60.4 Å². The lowest BCUT2D eigenvalue weighted by Gasteiger charge is -2.33. The van der Waals surface area contributed by atoms with E-state index in [1.165, 1.54) is 22.3 Å². The van der Waals surface area contributed by atoms with Crippen LogP contribution < -0.4 is 21.3 Å². The van der Waals surface area contributed by atoms with Crippen LogP contribution >= 0.6 is 15.9 Å². The zero-order valence-electron chi connectivity index (χ0n) is 40.1. The fraction of sp³-hybridized carbons (Fsp3) is 0.183. The van der Waals surface area contributed by atoms with Crippen LogP contribution in [0.3, 0.4) is 0 Å². The first-order valence-electron chi connectivity index (χ1n) is 24.5. The van der Waals surface area contributed by atoms with Gasteiger partial charge in [-0.2, -0.15) is 4.98 Å². The molecule has 1 saturated heterocycles. The summed E-state index contributed by atoms with van der Waals surface area (Å²) in [4.78, 5) is 54.0. The number of nitrogen functional groups attached to an aromatic ring is 1. The molecule has 8 aromatic rings. The van der Waals surface area contributed by atoms with E-state index in [-0.39, 0.29) is 61.3 Å². The topological polar surface area (TPSA) is 152 Å². The van der Waals surface area contributed by atoms with Gasteiger partial charge in [0.15, 0.2) is 0 Å². The van der Waals surface area contributed by atoms with E-state index in [0.717, 1.165) is 46.2 Å². The van der Waals surface area contributed by atoms with Crippen molar-refractivity contribution in [1.82, 2.24) is 20.2 Å². The number of hydrogen-bond donors (Lipinski definition) is 3. The molecule has 7 aromatic carbocycles. The monoisotopic (exact) mass is 1030 g/mol. The lowest BCUT2D eigenvalue weighted by Crippen LogP contribution is -2.40. The summed E-state index contributed by atoms with van der Waals surface area (Å²) in [6, 6.07) is 56.1. The number of hydrogen-bond acceptors (Lipinski definition) is 9. The summed E-state index contributed by atoms with van der Waals surface area (Å²) in [7, 11) is 1.58. The van der Waals surface area contributed by atoms with Crippen LogP contribution in [-0.4, -0.2) is 66.3 Å². The molecule has 3 aliphatic rings. The average Bonchev–Trinajstić information content (AvgIpc) is 3.94. The maximum atomic E-state index is 14.7. The second-order valence-corrected chi connectivity index (χ2v) is 19.4. The number of ether oxygens (including phenoxy) is 2. The van der Waals surface area contributed by atoms with Crippen molar-refractivity contribution in [2.24, 2.45) is 0 Å². The molecule has 73 heavy (non-hydrogen) atoms. The van der Waals surface area contributed by atoms with Crippen LogP contribution in [0.15, 0.2) is 174 Å². The van der Waals surface area contributed by atoms with Crippen molar-refractivity contribution in [2.45, 2.75) is 37.1 Å². The standard InChI is InChI=1S/C60H52BrN7O5/c1-63-57(69)51-26-11-10-25-50(51)55-54(61)56(62)66-58(65-55)64-40-29-27-37(28-30-40)33-68(60(71)73-36-53-48-23-8-4-19-44(48)45-20-5-9-24-49(45)53)41-16-12-14-38(32-41)39-15-13-31-67(34-39)59(70)72-35-52-46-21-6-2-17-42(46)43-18-3-7-22-47(43)52/h2-12,14,16-30,32,39,52-53H,13,15,31,33-36H2,1H3,(H,63,69)(H3,62,64,65,66). The zero-order valence-corrected chi connectivity index (χ0v) is 41.7. The van der Waals surface area contributed by atoms with Crippen LogP contribution in [-0.2, 0) is 16.0 Å². The summed E-state index contributed by atoms with van der Waals surface area (Å²) in [5.41, 5.74) is 20.4. The Morgan fingerprint density at radius 2 is 1.25 bits per heavy atom. The SMILES string of the molecule is CNC(=O)c1ccccc1-c1nc(Nc2ccc(CN(C(=O)OCC3c4ccccc4-c4ccccc43)c3cccc(C4CCCN(C(=O)OCC5c6ccccc6-c6ccccc65)C4)c3)cc2)nc(N)c1Br. The van der Waals surface area contributed by atoms with Gasteiger partial charge in [0.25, 0.3) is 5.91 Å². The van der Waals surface area contributed by atoms with Gasteiger partial charge >= 0.3 is 12.2 Å². The molecule has 1 unspecified atom stereocenters. The highest BCUT2D eigenvalue weighted by molar-refractivity contribution is 9.10. The second-order valence-electron chi connectivity index (χ2n) is 18.6. The summed E-state index contributed by atoms with van der Waals surface area (Å²) in [5.74, 6) is 0.0758. The smallest absolute Gasteiger partial charge is 0.414 e. The van der Waals surface area contributed by atoms with E-state index >= 15 is 0 Å². The molecule has 2 aliphatic carbocycles. The fourth-order valence-electron chi connectivity index (χ4n) is 10.7. The third-order valence-corrected chi connectivity index (χ3v) is 15.1. The Morgan fingerprint density at radius 3 is 1.85 bits per heavy atom. The van der Waals surface area contributed by atoms with Crippen LogP contribution in [0.2, 0.25) is 0 Å². The molecular formula is C60H52BrN7O5. The maximum Gasteiger partial charge on any atom is 0.414 e. The molecule has 12 nitrogen and oxygen atoms in total. The molecule has 1 aliphatic heterocycles. The van der Waals surface area contributed by atoms with E-state index in [1.54, 1.807) is 24.1 Å². The summed E-state index contributed by atoms with van der Waals surface area (Å²) in [6.45, 7) is 1.74. The van der Waals surface area contributed by atoms with Gasteiger partial charge < -0.3 is 30.7 Å². The number of likely N-dealkylation sites (tertiary alicyclic amines) is 1. The minimum atomic E-state index is -0.478. The Hall–Kier alpha value is -8.29. The Bertz CT molecular complexity index is 3310. The number of amides is 3. The number of rotatable bonds is 12. The van der Waals surface area contributed by atoms with Crippen molar-refractivity contribution in [3.05, 3.63) is 213 Å². The van der Waals surface area contributed by atoms with Crippen molar-refractivity contribution in [2.75, 3.05) is 49.3 Å². The van der Waals surface area contributed by atoms with E-state index in [0.29, 0.717) is 45.8 Å². The van der Waals surface area contributed by atoms with Crippen LogP contribution in [0.5, 0.6) is 0 Å². The molecule has 1 aromatic heterocycles. The number of carbonyl (C=O) groups is 3. The first-order valence-corrected chi connectivity index (χ1v) is 25.3. The molecule has 1 fully saturated rings. The first-order chi connectivity index (χ1) is 35.7. The lowest BCUT2D eigenvalue weighted by molar-refractivity contribution is 0.0891. The average molecular weight is 1030 g/mol. The third-order valence-electron chi connectivity index (χ3n) is 14.3. The molecule has 13 heteroatoms. The largest absolute Gasteiger partial charge is 0.448 e. The molecule has 0 saturated carbocycles. The second kappa shape index (κ2) is 20.4. The van der Waals surface area contributed by atoms with Gasteiger partial charge in [0.1, 0.15) is 19.0 Å². The fourth-order valence-corrected chi connectivity index (χ4v) is 11.1. The molecule has 364 valence electrons. The van der Waals surface area contributed by atoms with Gasteiger partial charge in [0.2, 0.25) is 5.95 Å². The summed E-state index contributed by atoms with van der Waals surface area (Å²) in [6.07, 6.45) is 0.903. The van der Waals surface area contributed by atoms with Gasteiger partial charge in [0.05, 0.1) is 16.7 Å². The number of benzene rings is 7. The Kier molecular flexibility index (Phi) is 13.2. The molecular weight excluding hydrogens is 979 g/mol. The number of halogens is 1. The Balaban J connectivity index is 0.829. The molecule has 0 radical (unpaired) electrons. The van der Waals surface area contributed by atoms with Gasteiger partial charge in [-0.25, -0.2) is 14.6 Å². The minimum absolute atomic E-state index is 0.0240. The molecule has 2 heterocycles. The number of nitrogens with zero attached hydrogens (tertiary/aromatic N) is 4. The quantitative estimate of drug-likeness (QED) is 0.109. The van der Waals surface area contributed by atoms with Crippen molar-refractivity contribution < 1.29 is 23.9 Å². The molecule has 0 bridgehead atoms. The van der Waals surface area contributed by atoms with E-state index < -0.39 is 6.09 Å². The highest BCUT2D eigenvalue weighted by atomic mass is 79.9. The summed E-state index contributed by atoms with van der Waals surface area (Å²) >= 11 is 3.54. The number of aromatic nitrogens is 2. The van der Waals surface area contributed by atoms with Crippen molar-refractivity contribution in [3.63, 3.8) is 0 Å². The van der Waals surface area contributed by atoms with E-state index in [4.69, 9.17) is 20.2 Å².